The van der Waals surface area contributed by atoms with Gasteiger partial charge in [-0.2, -0.15) is 0 Å². The summed E-state index contributed by atoms with van der Waals surface area (Å²) in [5.41, 5.74) is 0.791. The normalized spacial score (nSPS) is 12.2. The van der Waals surface area contributed by atoms with Crippen molar-refractivity contribution in [2.45, 2.75) is 18.6 Å². The number of thioether (sulfide) groups is 1. The molecule has 1 rings (SSSR count). The molecule has 5 heteroatoms. The Balaban J connectivity index is 2.34. The number of halogens is 1. The predicted molar refractivity (Wildman–Crippen MR) is 76.4 cm³/mol. The first-order valence-corrected chi connectivity index (χ1v) is 7.24. The molecule has 0 heterocycles. The summed E-state index contributed by atoms with van der Waals surface area (Å²) < 4.78 is 0.941. The van der Waals surface area contributed by atoms with Gasteiger partial charge in [0.15, 0.2) is 0 Å². The number of aliphatic hydroxyl groups is 1. The van der Waals surface area contributed by atoms with E-state index in [0.29, 0.717) is 11.0 Å². The first-order valence-electron chi connectivity index (χ1n) is 5.39. The lowest BCUT2D eigenvalue weighted by Gasteiger charge is -2.09. The van der Waals surface area contributed by atoms with Crippen molar-refractivity contribution in [1.82, 2.24) is 0 Å². The molecule has 1 aromatic rings. The third-order valence-corrected chi connectivity index (χ3v) is 3.87. The van der Waals surface area contributed by atoms with Crippen molar-refractivity contribution in [2.24, 2.45) is 0 Å². The van der Waals surface area contributed by atoms with Gasteiger partial charge in [-0.1, -0.05) is 28.9 Å². The Bertz CT molecular complexity index is 373. The zero-order chi connectivity index (χ0) is 12.7. The quantitative estimate of drug-likeness (QED) is 0.848. The van der Waals surface area contributed by atoms with Crippen LogP contribution >= 0.6 is 27.7 Å². The first kappa shape index (κ1) is 14.5. The third kappa shape index (κ3) is 6.10. The van der Waals surface area contributed by atoms with Crippen molar-refractivity contribution < 1.29 is 9.90 Å². The van der Waals surface area contributed by atoms with E-state index in [-0.39, 0.29) is 12.5 Å². The van der Waals surface area contributed by atoms with Crippen molar-refractivity contribution in [2.75, 3.05) is 17.7 Å². The summed E-state index contributed by atoms with van der Waals surface area (Å²) in [6, 6.07) is 7.50. The van der Waals surface area contributed by atoms with E-state index in [4.69, 9.17) is 5.11 Å². The number of carbonyl (C=O) groups excluding carboxylic acids is 1. The Morgan fingerprint density at radius 1 is 1.59 bits per heavy atom. The lowest BCUT2D eigenvalue weighted by Crippen LogP contribution is -2.16. The van der Waals surface area contributed by atoms with Crippen molar-refractivity contribution in [3.05, 3.63) is 28.7 Å². The average Bonchev–Trinajstić information content (AvgIpc) is 2.27. The first-order chi connectivity index (χ1) is 8.11. The van der Waals surface area contributed by atoms with Crippen LogP contribution in [0.5, 0.6) is 0 Å². The van der Waals surface area contributed by atoms with Gasteiger partial charge in [0.25, 0.3) is 0 Å². The van der Waals surface area contributed by atoms with Crippen molar-refractivity contribution in [3.63, 3.8) is 0 Å². The van der Waals surface area contributed by atoms with Crippen LogP contribution in [0.25, 0.3) is 0 Å². The number of nitrogens with one attached hydrogen (secondary N) is 1. The van der Waals surface area contributed by atoms with Crippen molar-refractivity contribution >= 4 is 39.3 Å². The molecule has 1 aromatic carbocycles. The molecule has 0 aliphatic carbocycles. The number of hydrogen-bond acceptors (Lipinski definition) is 3. The molecule has 0 fully saturated rings. The standard InChI is InChI=1S/C12H16BrNO2S/c1-9(5-6-15)17-8-12(16)14-11-4-2-3-10(13)7-11/h2-4,7,9,15H,5-6,8H2,1H3,(H,14,16). The maximum atomic E-state index is 11.6. The molecule has 0 bridgehead atoms. The van der Waals surface area contributed by atoms with E-state index in [2.05, 4.69) is 21.2 Å². The fraction of sp³-hybridized carbons (Fsp3) is 0.417. The minimum absolute atomic E-state index is 0.0158. The highest BCUT2D eigenvalue weighted by atomic mass is 79.9. The molecule has 0 saturated heterocycles. The number of amides is 1. The van der Waals surface area contributed by atoms with Crippen molar-refractivity contribution in [3.8, 4) is 0 Å². The highest BCUT2D eigenvalue weighted by Crippen LogP contribution is 2.17. The van der Waals surface area contributed by atoms with Gasteiger partial charge in [-0.05, 0) is 24.6 Å². The van der Waals surface area contributed by atoms with E-state index in [9.17, 15) is 4.79 Å². The maximum Gasteiger partial charge on any atom is 0.234 e. The highest BCUT2D eigenvalue weighted by molar-refractivity contribution is 9.10. The lowest BCUT2D eigenvalue weighted by atomic mass is 10.3. The number of carbonyl (C=O) groups is 1. The van der Waals surface area contributed by atoms with Crippen LogP contribution in [0.3, 0.4) is 0 Å². The van der Waals surface area contributed by atoms with E-state index in [0.717, 1.165) is 16.6 Å². The number of hydrogen-bond donors (Lipinski definition) is 2. The Morgan fingerprint density at radius 3 is 3.00 bits per heavy atom. The molecule has 1 atom stereocenters. The SMILES string of the molecule is CC(CCO)SCC(=O)Nc1cccc(Br)c1. The molecule has 0 aromatic heterocycles. The zero-order valence-electron chi connectivity index (χ0n) is 9.65. The van der Waals surface area contributed by atoms with E-state index in [1.165, 1.54) is 0 Å². The van der Waals surface area contributed by atoms with E-state index in [1.807, 2.05) is 31.2 Å². The van der Waals surface area contributed by atoms with Crippen LogP contribution in [-0.4, -0.2) is 28.6 Å². The highest BCUT2D eigenvalue weighted by Gasteiger charge is 2.07. The smallest absolute Gasteiger partial charge is 0.234 e. The number of rotatable bonds is 6. The summed E-state index contributed by atoms with van der Waals surface area (Å²) >= 11 is 4.90. The molecule has 0 spiro atoms. The molecule has 1 amide bonds. The molecule has 0 radical (unpaired) electrons. The predicted octanol–water partition coefficient (Wildman–Crippen LogP) is 2.89. The molecule has 0 aliphatic heterocycles. The Hall–Kier alpha value is -0.520. The monoisotopic (exact) mass is 317 g/mol. The van der Waals surface area contributed by atoms with Crippen LogP contribution < -0.4 is 5.32 Å². The Labute approximate surface area is 114 Å². The van der Waals surface area contributed by atoms with Crippen LogP contribution in [0.1, 0.15) is 13.3 Å². The molecule has 17 heavy (non-hydrogen) atoms. The van der Waals surface area contributed by atoms with Crippen LogP contribution in [0, 0.1) is 0 Å². The molecular weight excluding hydrogens is 302 g/mol. The van der Waals surface area contributed by atoms with E-state index < -0.39 is 0 Å². The summed E-state index contributed by atoms with van der Waals surface area (Å²) in [6.07, 6.45) is 0.717. The van der Waals surface area contributed by atoms with Gasteiger partial charge in [0.2, 0.25) is 5.91 Å². The summed E-state index contributed by atoms with van der Waals surface area (Å²) in [6.45, 7) is 2.18. The molecule has 2 N–H and O–H groups in total. The molecule has 1 unspecified atom stereocenters. The largest absolute Gasteiger partial charge is 0.396 e. The summed E-state index contributed by atoms with van der Waals surface area (Å²) in [7, 11) is 0. The van der Waals surface area contributed by atoms with Crippen molar-refractivity contribution in [1.29, 1.82) is 0 Å². The second-order valence-electron chi connectivity index (χ2n) is 3.69. The van der Waals surface area contributed by atoms with Gasteiger partial charge in [0, 0.05) is 22.0 Å². The summed E-state index contributed by atoms with van der Waals surface area (Å²) in [5.74, 6) is 0.395. The number of anilines is 1. The second kappa shape index (κ2) is 7.74. The molecular formula is C12H16BrNO2S. The van der Waals surface area contributed by atoms with E-state index in [1.54, 1.807) is 11.8 Å². The Morgan fingerprint density at radius 2 is 2.35 bits per heavy atom. The summed E-state index contributed by atoms with van der Waals surface area (Å²) in [4.78, 5) is 11.6. The van der Waals surface area contributed by atoms with Crippen LogP contribution in [0.2, 0.25) is 0 Å². The minimum atomic E-state index is -0.0158. The molecule has 3 nitrogen and oxygen atoms in total. The van der Waals surface area contributed by atoms with Gasteiger partial charge in [0.1, 0.15) is 0 Å². The van der Waals surface area contributed by atoms with Gasteiger partial charge >= 0.3 is 0 Å². The van der Waals surface area contributed by atoms with Gasteiger partial charge in [0.05, 0.1) is 5.75 Å². The summed E-state index contributed by atoms with van der Waals surface area (Å²) in [5, 5.41) is 11.9. The topological polar surface area (TPSA) is 49.3 Å². The van der Waals surface area contributed by atoms with Crippen LogP contribution in [0.15, 0.2) is 28.7 Å². The number of benzene rings is 1. The van der Waals surface area contributed by atoms with Gasteiger partial charge in [-0.3, -0.25) is 4.79 Å². The fourth-order valence-electron chi connectivity index (χ4n) is 1.25. The molecule has 94 valence electrons. The van der Waals surface area contributed by atoms with Gasteiger partial charge in [-0.15, -0.1) is 11.8 Å². The average molecular weight is 318 g/mol. The molecule has 0 saturated carbocycles. The van der Waals surface area contributed by atoms with Gasteiger partial charge in [-0.25, -0.2) is 0 Å². The zero-order valence-corrected chi connectivity index (χ0v) is 12.1. The van der Waals surface area contributed by atoms with Gasteiger partial charge < -0.3 is 10.4 Å². The number of aliphatic hydroxyl groups excluding tert-OH is 1. The fourth-order valence-corrected chi connectivity index (χ4v) is 2.43. The third-order valence-electron chi connectivity index (χ3n) is 2.14. The maximum absolute atomic E-state index is 11.6. The van der Waals surface area contributed by atoms with Crippen LogP contribution in [0.4, 0.5) is 5.69 Å². The lowest BCUT2D eigenvalue weighted by molar-refractivity contribution is -0.113. The van der Waals surface area contributed by atoms with E-state index >= 15 is 0 Å². The Kier molecular flexibility index (Phi) is 6.62. The second-order valence-corrected chi connectivity index (χ2v) is 6.03. The minimum Gasteiger partial charge on any atom is -0.396 e. The van der Waals surface area contributed by atoms with Crippen LogP contribution in [-0.2, 0) is 4.79 Å². The molecule has 0 aliphatic rings.